The number of hydrogen-bond acceptors (Lipinski definition) is 5. The number of esters is 1. The van der Waals surface area contributed by atoms with E-state index >= 15 is 0 Å². The minimum absolute atomic E-state index is 0.331. The average Bonchev–Trinajstić information content (AvgIpc) is 3.15. The summed E-state index contributed by atoms with van der Waals surface area (Å²) in [7, 11) is 0. The van der Waals surface area contributed by atoms with Crippen LogP contribution in [0.5, 0.6) is 0 Å². The average molecular weight is 435 g/mol. The van der Waals surface area contributed by atoms with E-state index in [0.717, 1.165) is 65.5 Å². The summed E-state index contributed by atoms with van der Waals surface area (Å²) < 4.78 is 4.15. The molecule has 4 nitrogen and oxygen atoms in total. The molecule has 1 aromatic heterocycles. The molecule has 1 unspecified atom stereocenters. The summed E-state index contributed by atoms with van der Waals surface area (Å²) >= 11 is 14.7. The second-order valence-electron chi connectivity index (χ2n) is 7.53. The number of aromatic nitrogens is 1. The van der Waals surface area contributed by atoms with E-state index < -0.39 is 10.3 Å². The van der Waals surface area contributed by atoms with Gasteiger partial charge in [0.1, 0.15) is 5.01 Å². The number of ether oxygens (including phenoxy) is 1. The molecule has 28 heavy (non-hydrogen) atoms. The Morgan fingerprint density at radius 3 is 2.61 bits per heavy atom. The number of halogens is 2. The standard InChI is InChI=1S/C21H20Cl2N2O2S/c22-21(23)18(25-11-5-2-6-12-25)14-9-10-15-17(16(14)27-20(21)26)28-19(24-15)13-7-3-1-4-8-13/h1,3-4,7-8,18H,2,5-6,9-12H2. The Labute approximate surface area is 178 Å². The molecule has 0 spiro atoms. The van der Waals surface area contributed by atoms with Crippen molar-refractivity contribution in [1.29, 1.82) is 0 Å². The number of carbonyl (C=O) groups excluding carboxylic acids is 1. The SMILES string of the molecule is O=C1OC2=C(CCc3nc(-c4ccccc4)sc32)C(N2CCCCC2)C1(Cl)Cl. The highest BCUT2D eigenvalue weighted by atomic mass is 35.5. The van der Waals surface area contributed by atoms with Gasteiger partial charge in [0.2, 0.25) is 4.33 Å². The molecule has 1 fully saturated rings. The first-order valence-corrected chi connectivity index (χ1v) is 11.3. The summed E-state index contributed by atoms with van der Waals surface area (Å²) in [6, 6.07) is 9.76. The lowest BCUT2D eigenvalue weighted by molar-refractivity contribution is -0.140. The maximum Gasteiger partial charge on any atom is 0.350 e. The van der Waals surface area contributed by atoms with Gasteiger partial charge < -0.3 is 4.74 Å². The maximum absolute atomic E-state index is 12.7. The summed E-state index contributed by atoms with van der Waals surface area (Å²) in [5.74, 6) is 0.0612. The lowest BCUT2D eigenvalue weighted by Gasteiger charge is -2.44. The Balaban J connectivity index is 1.60. The Morgan fingerprint density at radius 2 is 1.86 bits per heavy atom. The summed E-state index contributed by atoms with van der Waals surface area (Å²) in [4.78, 5) is 20.8. The topological polar surface area (TPSA) is 42.4 Å². The van der Waals surface area contributed by atoms with Crippen LogP contribution >= 0.6 is 34.5 Å². The highest BCUT2D eigenvalue weighted by molar-refractivity contribution is 7.16. The molecule has 1 aliphatic carbocycles. The van der Waals surface area contributed by atoms with Gasteiger partial charge in [0.05, 0.1) is 16.6 Å². The van der Waals surface area contributed by atoms with E-state index in [4.69, 9.17) is 32.9 Å². The molecule has 2 aromatic rings. The fraction of sp³-hybridized carbons (Fsp3) is 0.429. The van der Waals surface area contributed by atoms with E-state index in [0.29, 0.717) is 5.76 Å². The first-order valence-electron chi connectivity index (χ1n) is 9.68. The van der Waals surface area contributed by atoms with Crippen molar-refractivity contribution in [2.45, 2.75) is 42.5 Å². The summed E-state index contributed by atoms with van der Waals surface area (Å²) in [5.41, 5.74) is 3.11. The third kappa shape index (κ3) is 3.00. The van der Waals surface area contributed by atoms with Gasteiger partial charge in [0.15, 0.2) is 5.76 Å². The number of fused-ring (bicyclic) bond motifs is 2. The molecule has 0 amide bonds. The van der Waals surface area contributed by atoms with Crippen LogP contribution in [0.25, 0.3) is 16.3 Å². The molecule has 0 saturated carbocycles. The molecular formula is C21H20Cl2N2O2S. The van der Waals surface area contributed by atoms with Crippen LogP contribution in [0, 0.1) is 0 Å². The summed E-state index contributed by atoms with van der Waals surface area (Å²) in [5, 5.41) is 0.943. The number of rotatable bonds is 2. The Hall–Kier alpha value is -1.40. The van der Waals surface area contributed by atoms with Gasteiger partial charge in [0, 0.05) is 5.56 Å². The van der Waals surface area contributed by atoms with Crippen LogP contribution in [0.1, 0.15) is 36.3 Å². The van der Waals surface area contributed by atoms with Crippen molar-refractivity contribution in [3.63, 3.8) is 0 Å². The van der Waals surface area contributed by atoms with Gasteiger partial charge in [-0.3, -0.25) is 4.90 Å². The summed E-state index contributed by atoms with van der Waals surface area (Å²) in [6.45, 7) is 1.81. The Kier molecular flexibility index (Phi) is 4.74. The number of hydrogen-bond donors (Lipinski definition) is 0. The van der Waals surface area contributed by atoms with Crippen molar-refractivity contribution in [1.82, 2.24) is 9.88 Å². The number of benzene rings is 1. The van der Waals surface area contributed by atoms with Gasteiger partial charge in [-0.2, -0.15) is 0 Å². The van der Waals surface area contributed by atoms with Crippen LogP contribution in [0.3, 0.4) is 0 Å². The molecule has 1 aromatic carbocycles. The quantitative estimate of drug-likeness (QED) is 0.489. The molecular weight excluding hydrogens is 415 g/mol. The van der Waals surface area contributed by atoms with E-state index in [1.807, 2.05) is 30.3 Å². The van der Waals surface area contributed by atoms with Gasteiger partial charge in [-0.1, -0.05) is 60.0 Å². The number of thiazole rings is 1. The molecule has 1 saturated heterocycles. The monoisotopic (exact) mass is 434 g/mol. The minimum Gasteiger partial charge on any atom is -0.423 e. The van der Waals surface area contributed by atoms with Crippen LogP contribution in [0.4, 0.5) is 0 Å². The van der Waals surface area contributed by atoms with E-state index in [1.54, 1.807) is 11.3 Å². The third-order valence-electron chi connectivity index (χ3n) is 5.74. The zero-order valence-electron chi connectivity index (χ0n) is 15.3. The van der Waals surface area contributed by atoms with Crippen LogP contribution in [0.2, 0.25) is 0 Å². The largest absolute Gasteiger partial charge is 0.423 e. The number of aryl methyl sites for hydroxylation is 1. The molecule has 3 aliphatic rings. The van der Waals surface area contributed by atoms with Crippen LogP contribution in [0.15, 0.2) is 35.9 Å². The van der Waals surface area contributed by atoms with Crippen LogP contribution < -0.4 is 0 Å². The molecule has 3 heterocycles. The van der Waals surface area contributed by atoms with Crippen molar-refractivity contribution in [3.8, 4) is 10.6 Å². The van der Waals surface area contributed by atoms with E-state index in [1.165, 1.54) is 6.42 Å². The van der Waals surface area contributed by atoms with Crippen molar-refractivity contribution in [2.75, 3.05) is 13.1 Å². The number of alkyl halides is 2. The summed E-state index contributed by atoms with van der Waals surface area (Å²) in [6.07, 6.45) is 4.97. The zero-order chi connectivity index (χ0) is 19.3. The number of carbonyl (C=O) groups is 1. The lowest BCUT2D eigenvalue weighted by atomic mass is 9.87. The van der Waals surface area contributed by atoms with Crippen molar-refractivity contribution in [2.24, 2.45) is 0 Å². The molecule has 0 N–H and O–H groups in total. The van der Waals surface area contributed by atoms with Gasteiger partial charge >= 0.3 is 5.97 Å². The second-order valence-corrected chi connectivity index (χ2v) is 9.91. The minimum atomic E-state index is -1.57. The molecule has 2 aliphatic heterocycles. The second kappa shape index (κ2) is 7.13. The van der Waals surface area contributed by atoms with E-state index in [9.17, 15) is 4.79 Å². The number of likely N-dealkylation sites (tertiary alicyclic amines) is 1. The van der Waals surface area contributed by atoms with Crippen LogP contribution in [-0.4, -0.2) is 39.3 Å². The lowest BCUT2D eigenvalue weighted by Crippen LogP contribution is -2.56. The van der Waals surface area contributed by atoms with Gasteiger partial charge in [-0.25, -0.2) is 9.78 Å². The molecule has 146 valence electrons. The molecule has 0 bridgehead atoms. The zero-order valence-corrected chi connectivity index (χ0v) is 17.6. The predicted molar refractivity (Wildman–Crippen MR) is 113 cm³/mol. The van der Waals surface area contributed by atoms with E-state index in [-0.39, 0.29) is 6.04 Å². The molecule has 7 heteroatoms. The fourth-order valence-corrected chi connectivity index (χ4v) is 6.16. The fourth-order valence-electron chi connectivity index (χ4n) is 4.41. The normalized spacial score (nSPS) is 24.5. The highest BCUT2D eigenvalue weighted by Crippen LogP contribution is 2.49. The van der Waals surface area contributed by atoms with Crippen molar-refractivity contribution >= 4 is 46.3 Å². The molecule has 1 atom stereocenters. The van der Waals surface area contributed by atoms with E-state index in [2.05, 4.69) is 4.90 Å². The Morgan fingerprint density at radius 1 is 1.11 bits per heavy atom. The smallest absolute Gasteiger partial charge is 0.350 e. The van der Waals surface area contributed by atoms with Gasteiger partial charge in [-0.05, 0) is 44.3 Å². The first kappa shape index (κ1) is 18.6. The Bertz CT molecular complexity index is 949. The predicted octanol–water partition coefficient (Wildman–Crippen LogP) is 5.05. The van der Waals surface area contributed by atoms with Gasteiger partial charge in [0.25, 0.3) is 0 Å². The molecule has 0 radical (unpaired) electrons. The number of piperidine rings is 1. The first-order chi connectivity index (χ1) is 13.6. The van der Waals surface area contributed by atoms with Crippen LogP contribution in [-0.2, 0) is 16.0 Å². The highest BCUT2D eigenvalue weighted by Gasteiger charge is 2.54. The number of nitrogens with zero attached hydrogens (tertiary/aromatic N) is 2. The van der Waals surface area contributed by atoms with Crippen molar-refractivity contribution < 1.29 is 9.53 Å². The third-order valence-corrected chi connectivity index (χ3v) is 7.61. The molecule has 5 rings (SSSR count). The maximum atomic E-state index is 12.7. The van der Waals surface area contributed by atoms with Gasteiger partial charge in [-0.15, -0.1) is 11.3 Å². The van der Waals surface area contributed by atoms with Crippen molar-refractivity contribution in [3.05, 3.63) is 46.5 Å².